The van der Waals surface area contributed by atoms with E-state index in [1.165, 1.54) is 23.4 Å². The summed E-state index contributed by atoms with van der Waals surface area (Å²) in [5.41, 5.74) is 1.19. The maximum Gasteiger partial charge on any atom is 0.231 e. The lowest BCUT2D eigenvalue weighted by atomic mass is 9.97. The SMILES string of the molecule is O=C(Nc1nc2c(s1)CCCC2)[C@@H]1CCCN(c2cnccn2)C1. The van der Waals surface area contributed by atoms with Crippen LogP contribution in [0.4, 0.5) is 10.9 Å². The Morgan fingerprint density at radius 3 is 3.00 bits per heavy atom. The van der Waals surface area contributed by atoms with Gasteiger partial charge in [-0.15, -0.1) is 11.3 Å². The van der Waals surface area contributed by atoms with Crippen molar-refractivity contribution in [3.8, 4) is 0 Å². The molecule has 2 aliphatic rings. The van der Waals surface area contributed by atoms with Crippen LogP contribution in [-0.2, 0) is 17.6 Å². The summed E-state index contributed by atoms with van der Waals surface area (Å²) in [6.07, 6.45) is 11.6. The van der Waals surface area contributed by atoms with Gasteiger partial charge in [-0.2, -0.15) is 0 Å². The lowest BCUT2D eigenvalue weighted by Gasteiger charge is -2.32. The molecule has 4 rings (SSSR count). The molecule has 3 heterocycles. The average molecular weight is 343 g/mol. The van der Waals surface area contributed by atoms with Gasteiger partial charge in [0, 0.05) is 30.4 Å². The molecule has 0 aromatic carbocycles. The van der Waals surface area contributed by atoms with E-state index >= 15 is 0 Å². The van der Waals surface area contributed by atoms with Crippen molar-refractivity contribution in [2.24, 2.45) is 5.92 Å². The fourth-order valence-electron chi connectivity index (χ4n) is 3.47. The van der Waals surface area contributed by atoms with Gasteiger partial charge < -0.3 is 10.2 Å². The maximum atomic E-state index is 12.7. The first kappa shape index (κ1) is 15.5. The van der Waals surface area contributed by atoms with Crippen molar-refractivity contribution in [2.75, 3.05) is 23.3 Å². The number of fused-ring (bicyclic) bond motifs is 1. The molecule has 1 saturated heterocycles. The molecule has 126 valence electrons. The van der Waals surface area contributed by atoms with Gasteiger partial charge in [0.05, 0.1) is 17.8 Å². The molecule has 0 unspecified atom stereocenters. The van der Waals surface area contributed by atoms with E-state index in [0.29, 0.717) is 6.54 Å². The van der Waals surface area contributed by atoms with E-state index in [9.17, 15) is 4.79 Å². The van der Waals surface area contributed by atoms with Crippen molar-refractivity contribution >= 4 is 28.2 Å². The van der Waals surface area contributed by atoms with Crippen LogP contribution in [-0.4, -0.2) is 33.9 Å². The molecular weight excluding hydrogens is 322 g/mol. The van der Waals surface area contributed by atoms with Gasteiger partial charge in [0.15, 0.2) is 5.13 Å². The van der Waals surface area contributed by atoms with Crippen LogP contribution in [0.2, 0.25) is 0 Å². The highest BCUT2D eigenvalue weighted by Gasteiger charge is 2.27. The Bertz CT molecular complexity index is 694. The van der Waals surface area contributed by atoms with Gasteiger partial charge in [0.2, 0.25) is 5.91 Å². The number of carbonyl (C=O) groups is 1. The Hall–Kier alpha value is -2.02. The molecule has 6 nitrogen and oxygen atoms in total. The van der Waals surface area contributed by atoms with Gasteiger partial charge in [-0.25, -0.2) is 9.97 Å². The second kappa shape index (κ2) is 6.84. The van der Waals surface area contributed by atoms with Crippen LogP contribution in [0.5, 0.6) is 0 Å². The van der Waals surface area contributed by atoms with Crippen molar-refractivity contribution in [3.05, 3.63) is 29.2 Å². The second-order valence-corrected chi connectivity index (χ2v) is 7.52. The fourth-order valence-corrected chi connectivity index (χ4v) is 4.52. The predicted octanol–water partition coefficient (Wildman–Crippen LogP) is 2.67. The number of hydrogen-bond donors (Lipinski definition) is 1. The normalized spacial score (nSPS) is 20.5. The smallest absolute Gasteiger partial charge is 0.231 e. The summed E-state index contributed by atoms with van der Waals surface area (Å²) in [6, 6.07) is 0. The average Bonchev–Trinajstić information content (AvgIpc) is 3.05. The minimum atomic E-state index is -0.0262. The van der Waals surface area contributed by atoms with Crippen molar-refractivity contribution < 1.29 is 4.79 Å². The largest absolute Gasteiger partial charge is 0.355 e. The Labute approximate surface area is 145 Å². The zero-order chi connectivity index (χ0) is 16.4. The van der Waals surface area contributed by atoms with Crippen LogP contribution in [0, 0.1) is 5.92 Å². The quantitative estimate of drug-likeness (QED) is 0.928. The predicted molar refractivity (Wildman–Crippen MR) is 94.4 cm³/mol. The van der Waals surface area contributed by atoms with Gasteiger partial charge in [-0.3, -0.25) is 9.78 Å². The number of amides is 1. The summed E-state index contributed by atoms with van der Waals surface area (Å²) in [5, 5.41) is 3.81. The third-order valence-corrected chi connectivity index (χ3v) is 5.81. The number of piperidine rings is 1. The zero-order valence-corrected chi connectivity index (χ0v) is 14.4. The first-order chi connectivity index (χ1) is 11.8. The van der Waals surface area contributed by atoms with Gasteiger partial charge in [0.1, 0.15) is 5.82 Å². The number of nitrogens with zero attached hydrogens (tertiary/aromatic N) is 4. The molecule has 1 N–H and O–H groups in total. The molecule has 2 aromatic rings. The Kier molecular flexibility index (Phi) is 4.42. The van der Waals surface area contributed by atoms with Gasteiger partial charge >= 0.3 is 0 Å². The molecular formula is C17H21N5OS. The highest BCUT2D eigenvalue weighted by Crippen LogP contribution is 2.30. The molecule has 1 atom stereocenters. The van der Waals surface area contributed by atoms with E-state index in [-0.39, 0.29) is 11.8 Å². The summed E-state index contributed by atoms with van der Waals surface area (Å²) >= 11 is 1.65. The van der Waals surface area contributed by atoms with Crippen molar-refractivity contribution in [1.29, 1.82) is 0 Å². The maximum absolute atomic E-state index is 12.7. The summed E-state index contributed by atoms with van der Waals surface area (Å²) in [4.78, 5) is 29.2. The molecule has 7 heteroatoms. The molecule has 0 saturated carbocycles. The first-order valence-electron chi connectivity index (χ1n) is 8.60. The lowest BCUT2D eigenvalue weighted by molar-refractivity contribution is -0.120. The topological polar surface area (TPSA) is 71.0 Å². The number of rotatable bonds is 3. The molecule has 2 aromatic heterocycles. The molecule has 1 fully saturated rings. The highest BCUT2D eigenvalue weighted by molar-refractivity contribution is 7.15. The number of anilines is 2. The van der Waals surface area contributed by atoms with E-state index in [1.807, 2.05) is 0 Å². The monoisotopic (exact) mass is 343 g/mol. The third kappa shape index (κ3) is 3.26. The Balaban J connectivity index is 1.41. The Morgan fingerprint density at radius 1 is 1.25 bits per heavy atom. The van der Waals surface area contributed by atoms with Crippen LogP contribution in [0.25, 0.3) is 0 Å². The Morgan fingerprint density at radius 2 is 2.17 bits per heavy atom. The number of carbonyl (C=O) groups excluding carboxylic acids is 1. The molecule has 0 bridgehead atoms. The summed E-state index contributed by atoms with van der Waals surface area (Å²) < 4.78 is 0. The van der Waals surface area contributed by atoms with Crippen LogP contribution in [0.3, 0.4) is 0 Å². The second-order valence-electron chi connectivity index (χ2n) is 6.43. The van der Waals surface area contributed by atoms with Gasteiger partial charge in [-0.1, -0.05) is 0 Å². The van der Waals surface area contributed by atoms with Crippen LogP contribution < -0.4 is 10.2 Å². The van der Waals surface area contributed by atoms with Gasteiger partial charge in [0.25, 0.3) is 0 Å². The van der Waals surface area contributed by atoms with Crippen molar-refractivity contribution in [2.45, 2.75) is 38.5 Å². The molecule has 1 aliphatic heterocycles. The van der Waals surface area contributed by atoms with Crippen molar-refractivity contribution in [1.82, 2.24) is 15.0 Å². The zero-order valence-electron chi connectivity index (χ0n) is 13.6. The minimum absolute atomic E-state index is 0.0262. The summed E-state index contributed by atoms with van der Waals surface area (Å²) in [7, 11) is 0. The van der Waals surface area contributed by atoms with E-state index in [4.69, 9.17) is 0 Å². The number of aryl methyl sites for hydroxylation is 2. The van der Waals surface area contributed by atoms with Crippen molar-refractivity contribution in [3.63, 3.8) is 0 Å². The lowest BCUT2D eigenvalue weighted by Crippen LogP contribution is -2.41. The van der Waals surface area contributed by atoms with E-state index in [0.717, 1.165) is 43.2 Å². The third-order valence-electron chi connectivity index (χ3n) is 4.74. The van der Waals surface area contributed by atoms with Gasteiger partial charge in [-0.05, 0) is 38.5 Å². The molecule has 0 radical (unpaired) electrons. The number of hydrogen-bond acceptors (Lipinski definition) is 6. The fraction of sp³-hybridized carbons (Fsp3) is 0.529. The van der Waals surface area contributed by atoms with Crippen LogP contribution in [0.1, 0.15) is 36.3 Å². The summed E-state index contributed by atoms with van der Waals surface area (Å²) in [6.45, 7) is 1.61. The standard InChI is InChI=1S/C17H21N5OS/c23-16(21-17-20-13-5-1-2-6-14(13)24-17)12-4-3-9-22(11-12)15-10-18-7-8-19-15/h7-8,10,12H,1-6,9,11H2,(H,20,21,23)/t12-/m1/s1. The molecule has 0 spiro atoms. The van der Waals surface area contributed by atoms with E-state index in [2.05, 4.69) is 25.2 Å². The number of aromatic nitrogens is 3. The highest BCUT2D eigenvalue weighted by atomic mass is 32.1. The first-order valence-corrected chi connectivity index (χ1v) is 9.41. The molecule has 24 heavy (non-hydrogen) atoms. The molecule has 1 aliphatic carbocycles. The van der Waals surface area contributed by atoms with Crippen LogP contribution in [0.15, 0.2) is 18.6 Å². The summed E-state index contributed by atoms with van der Waals surface area (Å²) in [5.74, 6) is 0.899. The number of thiazole rings is 1. The van der Waals surface area contributed by atoms with E-state index in [1.54, 1.807) is 29.9 Å². The van der Waals surface area contributed by atoms with Crippen LogP contribution >= 0.6 is 11.3 Å². The minimum Gasteiger partial charge on any atom is -0.355 e. The molecule has 1 amide bonds. The number of nitrogens with one attached hydrogen (secondary N) is 1. The van der Waals surface area contributed by atoms with E-state index < -0.39 is 0 Å².